The van der Waals surface area contributed by atoms with Crippen molar-refractivity contribution in [1.29, 1.82) is 0 Å². The lowest BCUT2D eigenvalue weighted by atomic mass is 9.97. The third-order valence-corrected chi connectivity index (χ3v) is 8.50. The van der Waals surface area contributed by atoms with Crippen LogP contribution in [0.5, 0.6) is 0 Å². The van der Waals surface area contributed by atoms with E-state index in [0.717, 1.165) is 4.88 Å². The van der Waals surface area contributed by atoms with Gasteiger partial charge in [0.1, 0.15) is 4.21 Å². The second-order valence-electron chi connectivity index (χ2n) is 7.47. The maximum Gasteiger partial charge on any atom is 0.310 e. The first-order valence-electron chi connectivity index (χ1n) is 10.2. The first-order valence-corrected chi connectivity index (χ1v) is 12.5. The zero-order chi connectivity index (χ0) is 22.3. The van der Waals surface area contributed by atoms with E-state index in [1.54, 1.807) is 24.0 Å². The summed E-state index contributed by atoms with van der Waals surface area (Å²) in [5, 5.41) is 0. The van der Waals surface area contributed by atoms with Gasteiger partial charge in [0.25, 0.3) is 10.0 Å². The van der Waals surface area contributed by atoms with E-state index in [4.69, 9.17) is 9.47 Å². The summed E-state index contributed by atoms with van der Waals surface area (Å²) in [6.07, 6.45) is 1.23. The first kappa shape index (κ1) is 24.8. The quantitative estimate of drug-likeness (QED) is 0.392. The maximum atomic E-state index is 13.3. The average molecular weight is 461 g/mol. The Morgan fingerprint density at radius 3 is 2.70 bits per heavy atom. The van der Waals surface area contributed by atoms with Crippen molar-refractivity contribution in [3.63, 3.8) is 0 Å². The van der Waals surface area contributed by atoms with Gasteiger partial charge in [-0.15, -0.1) is 11.3 Å². The number of hydrogen-bond acceptors (Lipinski definition) is 7. The van der Waals surface area contributed by atoms with Crippen LogP contribution in [0.3, 0.4) is 0 Å². The number of esters is 1. The van der Waals surface area contributed by atoms with E-state index in [-0.39, 0.29) is 25.0 Å². The Morgan fingerprint density at radius 1 is 1.37 bits per heavy atom. The molecule has 1 aromatic heterocycles. The number of thiophene rings is 1. The van der Waals surface area contributed by atoms with Crippen molar-refractivity contribution in [3.05, 3.63) is 17.0 Å². The van der Waals surface area contributed by atoms with Crippen LogP contribution < -0.4 is 0 Å². The highest BCUT2D eigenvalue weighted by Gasteiger charge is 2.36. The van der Waals surface area contributed by atoms with Crippen molar-refractivity contribution in [2.45, 2.75) is 37.8 Å². The van der Waals surface area contributed by atoms with Gasteiger partial charge < -0.3 is 14.4 Å². The molecule has 2 heterocycles. The van der Waals surface area contributed by atoms with Gasteiger partial charge in [0, 0.05) is 37.7 Å². The summed E-state index contributed by atoms with van der Waals surface area (Å²) in [7, 11) is -2.29. The van der Waals surface area contributed by atoms with Crippen molar-refractivity contribution in [1.82, 2.24) is 9.21 Å². The lowest BCUT2D eigenvalue weighted by molar-refractivity contribution is -0.147. The predicted octanol–water partition coefficient (Wildman–Crippen LogP) is 2.13. The minimum Gasteiger partial charge on any atom is -0.469 e. The Labute approximate surface area is 183 Å². The maximum absolute atomic E-state index is 13.3. The zero-order valence-electron chi connectivity index (χ0n) is 18.1. The SMILES string of the molecule is CCOCCN(C[C@@H](C)C(=O)OC)C(=O)[C@@H]1CCCN(S(=O)(=O)c2ccc(C)s2)C1. The van der Waals surface area contributed by atoms with Gasteiger partial charge in [-0.25, -0.2) is 8.42 Å². The van der Waals surface area contributed by atoms with E-state index in [1.807, 2.05) is 13.8 Å². The minimum absolute atomic E-state index is 0.146. The van der Waals surface area contributed by atoms with Crippen LogP contribution >= 0.6 is 11.3 Å². The Morgan fingerprint density at radius 2 is 2.10 bits per heavy atom. The Bertz CT molecular complexity index is 823. The highest BCUT2D eigenvalue weighted by Crippen LogP contribution is 2.29. The fourth-order valence-corrected chi connectivity index (χ4v) is 6.48. The molecule has 2 atom stereocenters. The van der Waals surface area contributed by atoms with Gasteiger partial charge >= 0.3 is 5.97 Å². The van der Waals surface area contributed by atoms with Crippen molar-refractivity contribution in [3.8, 4) is 0 Å². The molecule has 0 aliphatic carbocycles. The number of methoxy groups -OCH3 is 1. The van der Waals surface area contributed by atoms with Crippen molar-refractivity contribution in [2.75, 3.05) is 46.5 Å². The normalized spacial score (nSPS) is 18.7. The molecule has 170 valence electrons. The van der Waals surface area contributed by atoms with Gasteiger partial charge in [0.2, 0.25) is 5.91 Å². The van der Waals surface area contributed by atoms with E-state index in [2.05, 4.69) is 0 Å². The number of sulfonamides is 1. The van der Waals surface area contributed by atoms with Crippen molar-refractivity contribution < 1.29 is 27.5 Å². The number of aryl methyl sites for hydroxylation is 1. The number of carbonyl (C=O) groups is 2. The molecule has 1 amide bonds. The van der Waals surface area contributed by atoms with E-state index < -0.39 is 21.9 Å². The van der Waals surface area contributed by atoms with E-state index in [0.29, 0.717) is 43.4 Å². The predicted molar refractivity (Wildman–Crippen MR) is 115 cm³/mol. The highest BCUT2D eigenvalue weighted by molar-refractivity contribution is 7.91. The highest BCUT2D eigenvalue weighted by atomic mass is 32.2. The molecule has 1 saturated heterocycles. The van der Waals surface area contributed by atoms with Crippen LogP contribution in [0.2, 0.25) is 0 Å². The summed E-state index contributed by atoms with van der Waals surface area (Å²) in [5.41, 5.74) is 0. The van der Waals surface area contributed by atoms with E-state index in [9.17, 15) is 18.0 Å². The summed E-state index contributed by atoms with van der Waals surface area (Å²) in [6, 6.07) is 3.40. The Kier molecular flexibility index (Phi) is 9.27. The topological polar surface area (TPSA) is 93.2 Å². The van der Waals surface area contributed by atoms with Gasteiger partial charge in [-0.3, -0.25) is 9.59 Å². The molecule has 1 fully saturated rings. The molecular formula is C20H32N2O6S2. The van der Waals surface area contributed by atoms with Gasteiger partial charge in [0.15, 0.2) is 0 Å². The molecule has 1 aliphatic rings. The van der Waals surface area contributed by atoms with E-state index >= 15 is 0 Å². The fraction of sp³-hybridized carbons (Fsp3) is 0.700. The number of amides is 1. The van der Waals surface area contributed by atoms with Crippen LogP contribution in [0.1, 0.15) is 31.6 Å². The summed E-state index contributed by atoms with van der Waals surface area (Å²) < 4.78 is 37.9. The summed E-state index contributed by atoms with van der Waals surface area (Å²) in [5.74, 6) is -1.45. The van der Waals surface area contributed by atoms with Gasteiger partial charge in [-0.1, -0.05) is 6.92 Å². The molecule has 0 unspecified atom stereocenters. The van der Waals surface area contributed by atoms with Crippen LogP contribution in [0.25, 0.3) is 0 Å². The largest absolute Gasteiger partial charge is 0.469 e. The fourth-order valence-electron chi connectivity index (χ4n) is 3.52. The number of hydrogen-bond donors (Lipinski definition) is 0. The lowest BCUT2D eigenvalue weighted by Crippen LogP contribution is -2.48. The van der Waals surface area contributed by atoms with Gasteiger partial charge in [0.05, 0.1) is 25.6 Å². The molecule has 8 nitrogen and oxygen atoms in total. The molecule has 0 bridgehead atoms. The smallest absolute Gasteiger partial charge is 0.310 e. The van der Waals surface area contributed by atoms with Crippen molar-refractivity contribution in [2.24, 2.45) is 11.8 Å². The molecule has 0 saturated carbocycles. The monoisotopic (exact) mass is 460 g/mol. The molecular weight excluding hydrogens is 428 g/mol. The molecule has 2 rings (SSSR count). The lowest BCUT2D eigenvalue weighted by Gasteiger charge is -2.34. The number of piperidine rings is 1. The summed E-state index contributed by atoms with van der Waals surface area (Å²) in [6.45, 7) is 7.46. The molecule has 0 radical (unpaired) electrons. The molecule has 0 N–H and O–H groups in total. The first-order chi connectivity index (χ1) is 14.2. The summed E-state index contributed by atoms with van der Waals surface area (Å²) in [4.78, 5) is 27.6. The molecule has 0 spiro atoms. The standard InChI is InChI=1S/C20H32N2O6S2/c1-5-28-12-11-21(13-15(2)20(24)27-4)19(23)17-7-6-10-22(14-17)30(25,26)18-9-8-16(3)29-18/h8-9,15,17H,5-7,10-14H2,1-4H3/t15-,17-/m1/s1. The zero-order valence-corrected chi connectivity index (χ0v) is 19.8. The molecule has 30 heavy (non-hydrogen) atoms. The van der Waals surface area contributed by atoms with Crippen LogP contribution in [-0.4, -0.2) is 76.0 Å². The van der Waals surface area contributed by atoms with Gasteiger partial charge in [-0.2, -0.15) is 4.31 Å². The third-order valence-electron chi connectivity index (χ3n) is 5.16. The summed E-state index contributed by atoms with van der Waals surface area (Å²) >= 11 is 1.24. The minimum atomic E-state index is -3.61. The van der Waals surface area contributed by atoms with Crippen LogP contribution in [0.15, 0.2) is 16.3 Å². The van der Waals surface area contributed by atoms with Crippen molar-refractivity contribution >= 4 is 33.2 Å². The molecule has 1 aromatic rings. The van der Waals surface area contributed by atoms with Crippen LogP contribution in [0.4, 0.5) is 0 Å². The molecule has 10 heteroatoms. The number of rotatable bonds is 10. The second kappa shape index (κ2) is 11.2. The van der Waals surface area contributed by atoms with Crippen LogP contribution in [0, 0.1) is 18.8 Å². The van der Waals surface area contributed by atoms with Crippen LogP contribution in [-0.2, 0) is 29.1 Å². The van der Waals surface area contributed by atoms with E-state index in [1.165, 1.54) is 22.8 Å². The third kappa shape index (κ3) is 6.26. The average Bonchev–Trinajstić information content (AvgIpc) is 3.19. The number of carbonyl (C=O) groups excluding carboxylic acids is 2. The second-order valence-corrected chi connectivity index (χ2v) is 10.9. The molecule has 1 aliphatic heterocycles. The number of nitrogens with zero attached hydrogens (tertiary/aromatic N) is 2. The number of ether oxygens (including phenoxy) is 2. The Balaban J connectivity index is 2.12. The Hall–Kier alpha value is -1.49. The molecule has 0 aromatic carbocycles. The van der Waals surface area contributed by atoms with Gasteiger partial charge in [-0.05, 0) is 38.8 Å².